The number of imide groups is 1. The van der Waals surface area contributed by atoms with E-state index in [1.165, 1.54) is 25.7 Å². The highest BCUT2D eigenvalue weighted by Crippen LogP contribution is 2.60. The maximum Gasteiger partial charge on any atom is 0.321 e. The molecule has 0 saturated heterocycles. The minimum absolute atomic E-state index is 0.0491. The van der Waals surface area contributed by atoms with Crippen LogP contribution < -0.4 is 10.6 Å². The fourth-order valence-corrected chi connectivity index (χ4v) is 2.75. The van der Waals surface area contributed by atoms with Crippen LogP contribution in [0, 0.1) is 17.3 Å². The summed E-state index contributed by atoms with van der Waals surface area (Å²) in [6.45, 7) is 2.32. The van der Waals surface area contributed by atoms with Gasteiger partial charge in [0.05, 0.1) is 0 Å². The van der Waals surface area contributed by atoms with Crippen LogP contribution in [0.3, 0.4) is 0 Å². The minimum Gasteiger partial charge on any atom is -0.481 e. The lowest BCUT2D eigenvalue weighted by Crippen LogP contribution is -2.42. The van der Waals surface area contributed by atoms with Crippen molar-refractivity contribution in [3.63, 3.8) is 0 Å². The molecule has 0 aromatic carbocycles. The Hall–Kier alpha value is -1.59. The van der Waals surface area contributed by atoms with Crippen LogP contribution in [-0.2, 0) is 9.59 Å². The van der Waals surface area contributed by atoms with E-state index in [1.54, 1.807) is 6.92 Å². The summed E-state index contributed by atoms with van der Waals surface area (Å²) < 4.78 is 0. The number of amides is 3. The Morgan fingerprint density at radius 2 is 1.90 bits per heavy atom. The second-order valence-corrected chi connectivity index (χ2v) is 6.27. The first-order valence-corrected chi connectivity index (χ1v) is 7.21. The quantitative estimate of drug-likeness (QED) is 0.659. The monoisotopic (exact) mass is 282 g/mol. The fraction of sp³-hybridized carbons (Fsp3) is 0.786. The van der Waals surface area contributed by atoms with E-state index in [0.29, 0.717) is 12.0 Å². The van der Waals surface area contributed by atoms with Crippen molar-refractivity contribution in [2.45, 2.75) is 45.4 Å². The summed E-state index contributed by atoms with van der Waals surface area (Å²) in [7, 11) is 0. The molecule has 2 aliphatic rings. The van der Waals surface area contributed by atoms with E-state index in [2.05, 4.69) is 10.6 Å². The van der Waals surface area contributed by atoms with Crippen molar-refractivity contribution in [3.8, 4) is 0 Å². The molecule has 0 spiro atoms. The van der Waals surface area contributed by atoms with Crippen molar-refractivity contribution in [1.29, 1.82) is 0 Å². The van der Waals surface area contributed by atoms with Crippen molar-refractivity contribution < 1.29 is 19.5 Å². The van der Waals surface area contributed by atoms with E-state index in [1.807, 2.05) is 0 Å². The van der Waals surface area contributed by atoms with Gasteiger partial charge in [0.25, 0.3) is 0 Å². The third-order valence-electron chi connectivity index (χ3n) is 4.25. The summed E-state index contributed by atoms with van der Waals surface area (Å²) in [6, 6.07) is -0.468. The molecule has 1 atom stereocenters. The Bertz CT molecular complexity index is 413. The molecule has 0 heterocycles. The number of rotatable bonds is 7. The topological polar surface area (TPSA) is 95.5 Å². The van der Waals surface area contributed by atoms with Crippen LogP contribution in [0.2, 0.25) is 0 Å². The second kappa shape index (κ2) is 5.81. The highest BCUT2D eigenvalue weighted by atomic mass is 16.4. The molecule has 3 N–H and O–H groups in total. The number of carboxylic acid groups (broad SMARTS) is 1. The van der Waals surface area contributed by atoms with Crippen LogP contribution in [0.15, 0.2) is 0 Å². The van der Waals surface area contributed by atoms with Crippen LogP contribution in [0.5, 0.6) is 0 Å². The van der Waals surface area contributed by atoms with Crippen molar-refractivity contribution in [3.05, 3.63) is 0 Å². The maximum atomic E-state index is 11.6. The van der Waals surface area contributed by atoms with Crippen LogP contribution in [0.25, 0.3) is 0 Å². The summed E-state index contributed by atoms with van der Waals surface area (Å²) in [6.07, 6.45) is 4.83. The molecule has 2 saturated carbocycles. The lowest BCUT2D eigenvalue weighted by molar-refractivity contribution is -0.138. The highest BCUT2D eigenvalue weighted by Gasteiger charge is 2.53. The molecule has 112 valence electrons. The van der Waals surface area contributed by atoms with Gasteiger partial charge >= 0.3 is 12.0 Å². The van der Waals surface area contributed by atoms with E-state index in [-0.39, 0.29) is 18.8 Å². The average Bonchev–Trinajstić information content (AvgIpc) is 3.18. The van der Waals surface area contributed by atoms with E-state index in [9.17, 15) is 14.4 Å². The number of carboxylic acids is 1. The normalized spacial score (nSPS) is 20.9. The highest BCUT2D eigenvalue weighted by molar-refractivity contribution is 5.94. The molecule has 0 aromatic rings. The van der Waals surface area contributed by atoms with Gasteiger partial charge in [0, 0.05) is 19.4 Å². The summed E-state index contributed by atoms with van der Waals surface area (Å²) in [5.74, 6) is -0.877. The van der Waals surface area contributed by atoms with E-state index < -0.39 is 17.9 Å². The van der Waals surface area contributed by atoms with Crippen LogP contribution in [-0.4, -0.2) is 29.6 Å². The first-order chi connectivity index (χ1) is 9.41. The van der Waals surface area contributed by atoms with Gasteiger partial charge in [0.15, 0.2) is 0 Å². The zero-order valence-corrected chi connectivity index (χ0v) is 11.8. The predicted octanol–water partition coefficient (Wildman–Crippen LogP) is 1.50. The van der Waals surface area contributed by atoms with E-state index >= 15 is 0 Å². The van der Waals surface area contributed by atoms with Gasteiger partial charge in [-0.15, -0.1) is 0 Å². The summed E-state index contributed by atoms with van der Waals surface area (Å²) >= 11 is 0. The molecule has 6 nitrogen and oxygen atoms in total. The molecule has 1 unspecified atom stereocenters. The second-order valence-electron chi connectivity index (χ2n) is 6.27. The Balaban J connectivity index is 1.63. The van der Waals surface area contributed by atoms with Crippen LogP contribution in [0.4, 0.5) is 4.79 Å². The molecule has 6 heteroatoms. The molecule has 20 heavy (non-hydrogen) atoms. The third kappa shape index (κ3) is 4.21. The largest absolute Gasteiger partial charge is 0.481 e. The van der Waals surface area contributed by atoms with Gasteiger partial charge in [-0.3, -0.25) is 14.9 Å². The fourth-order valence-electron chi connectivity index (χ4n) is 2.75. The number of aliphatic carboxylic acids is 1. The van der Waals surface area contributed by atoms with Gasteiger partial charge in [0.1, 0.15) is 0 Å². The zero-order chi connectivity index (χ0) is 14.8. The van der Waals surface area contributed by atoms with Gasteiger partial charge < -0.3 is 10.4 Å². The first kappa shape index (κ1) is 14.8. The Morgan fingerprint density at radius 3 is 2.40 bits per heavy atom. The Labute approximate surface area is 118 Å². The molecule has 0 bridgehead atoms. The molecule has 0 aliphatic heterocycles. The number of carbonyl (C=O) groups excluding carboxylic acids is 2. The lowest BCUT2D eigenvalue weighted by Gasteiger charge is -2.15. The summed E-state index contributed by atoms with van der Waals surface area (Å²) in [5, 5.41) is 13.6. The number of urea groups is 1. The van der Waals surface area contributed by atoms with Crippen molar-refractivity contribution in [2.24, 2.45) is 17.3 Å². The number of hydrogen-bond acceptors (Lipinski definition) is 3. The molecular weight excluding hydrogens is 260 g/mol. The Kier molecular flexibility index (Phi) is 4.30. The zero-order valence-electron chi connectivity index (χ0n) is 11.8. The van der Waals surface area contributed by atoms with Gasteiger partial charge in [-0.2, -0.15) is 0 Å². The van der Waals surface area contributed by atoms with E-state index in [0.717, 1.165) is 5.92 Å². The molecule has 2 aliphatic carbocycles. The smallest absolute Gasteiger partial charge is 0.321 e. The lowest BCUT2D eigenvalue weighted by atomic mass is 10.0. The number of hydrogen-bond donors (Lipinski definition) is 3. The third-order valence-corrected chi connectivity index (χ3v) is 4.25. The molecule has 0 aromatic heterocycles. The molecular formula is C14H22N2O4. The van der Waals surface area contributed by atoms with E-state index in [4.69, 9.17) is 5.11 Å². The molecule has 3 amide bonds. The molecule has 2 rings (SSSR count). The summed E-state index contributed by atoms with van der Waals surface area (Å²) in [4.78, 5) is 33.7. The molecule has 0 radical (unpaired) electrons. The van der Waals surface area contributed by atoms with Gasteiger partial charge in [-0.25, -0.2) is 4.79 Å². The summed E-state index contributed by atoms with van der Waals surface area (Å²) in [5.41, 5.74) is 0.303. The number of carbonyl (C=O) groups is 3. The average molecular weight is 282 g/mol. The standard InChI is InChI=1S/C14H22N2O4/c1-9(7-12(18)19)6-11(17)16-13(20)15-8-14(4-5-14)10-2-3-10/h9-10H,2-8H2,1H3,(H,18,19)(H2,15,16,17,20). The predicted molar refractivity (Wildman–Crippen MR) is 72.0 cm³/mol. The number of nitrogens with one attached hydrogen (secondary N) is 2. The van der Waals surface area contributed by atoms with Crippen molar-refractivity contribution in [2.75, 3.05) is 6.54 Å². The van der Waals surface area contributed by atoms with Gasteiger partial charge in [-0.1, -0.05) is 6.92 Å². The van der Waals surface area contributed by atoms with Crippen LogP contribution in [0.1, 0.15) is 45.4 Å². The maximum absolute atomic E-state index is 11.6. The first-order valence-electron chi connectivity index (χ1n) is 7.21. The van der Waals surface area contributed by atoms with Gasteiger partial charge in [0.2, 0.25) is 5.91 Å². The van der Waals surface area contributed by atoms with Gasteiger partial charge in [-0.05, 0) is 42.9 Å². The molecule has 2 fully saturated rings. The Morgan fingerprint density at radius 1 is 1.25 bits per heavy atom. The van der Waals surface area contributed by atoms with Crippen LogP contribution >= 0.6 is 0 Å². The van der Waals surface area contributed by atoms with Crippen molar-refractivity contribution >= 4 is 17.9 Å². The minimum atomic E-state index is -0.935. The SMILES string of the molecule is CC(CC(=O)O)CC(=O)NC(=O)NCC1(C2CC2)CC1. The van der Waals surface area contributed by atoms with Crippen molar-refractivity contribution in [1.82, 2.24) is 10.6 Å².